The molecule has 2 atom stereocenters. The molecule has 9 heteroatoms. The highest BCUT2D eigenvalue weighted by Gasteiger charge is 2.41. The SMILES string of the molecule is COC(OC)(C(=O)c1ccc(OCC(O)CO)cc1)c1ccc(OCC(O)CO)cc1. The van der Waals surface area contributed by atoms with Crippen LogP contribution in [0.1, 0.15) is 15.9 Å². The number of rotatable bonds is 13. The van der Waals surface area contributed by atoms with Gasteiger partial charge in [-0.3, -0.25) is 4.79 Å². The number of benzene rings is 2. The summed E-state index contributed by atoms with van der Waals surface area (Å²) in [5.41, 5.74) is 0.745. The first-order chi connectivity index (χ1) is 14.9. The van der Waals surface area contributed by atoms with E-state index >= 15 is 0 Å². The Morgan fingerprint density at radius 1 is 0.806 bits per heavy atom. The number of carbonyl (C=O) groups is 1. The number of aliphatic hydroxyl groups excluding tert-OH is 4. The first-order valence-corrected chi connectivity index (χ1v) is 9.59. The quantitative estimate of drug-likeness (QED) is 0.261. The highest BCUT2D eigenvalue weighted by Crippen LogP contribution is 2.32. The Balaban J connectivity index is 2.18. The van der Waals surface area contributed by atoms with E-state index in [-0.39, 0.29) is 13.2 Å². The van der Waals surface area contributed by atoms with Crippen LogP contribution in [0, 0.1) is 0 Å². The van der Waals surface area contributed by atoms with E-state index in [1.165, 1.54) is 14.2 Å². The zero-order chi connectivity index (χ0) is 22.9. The van der Waals surface area contributed by atoms with Gasteiger partial charge in [-0.05, 0) is 48.5 Å². The Kier molecular flexibility index (Phi) is 9.38. The van der Waals surface area contributed by atoms with Crippen molar-refractivity contribution in [1.29, 1.82) is 0 Å². The number of aliphatic hydroxyl groups is 4. The Morgan fingerprint density at radius 2 is 1.23 bits per heavy atom. The summed E-state index contributed by atoms with van der Waals surface area (Å²) in [4.78, 5) is 13.2. The van der Waals surface area contributed by atoms with Gasteiger partial charge in [0.1, 0.15) is 36.9 Å². The summed E-state index contributed by atoms with van der Waals surface area (Å²) in [5.74, 6) is -1.27. The van der Waals surface area contributed by atoms with Crippen molar-refractivity contribution in [3.63, 3.8) is 0 Å². The minimum Gasteiger partial charge on any atom is -0.491 e. The molecule has 4 N–H and O–H groups in total. The van der Waals surface area contributed by atoms with E-state index in [1.54, 1.807) is 48.5 Å². The van der Waals surface area contributed by atoms with Crippen LogP contribution < -0.4 is 9.47 Å². The second kappa shape index (κ2) is 11.8. The minimum absolute atomic E-state index is 0.0712. The van der Waals surface area contributed by atoms with Crippen molar-refractivity contribution in [2.45, 2.75) is 18.0 Å². The van der Waals surface area contributed by atoms with Crippen molar-refractivity contribution in [2.75, 3.05) is 40.6 Å². The number of Topliss-reactive ketones (excluding diaryl/α,β-unsaturated/α-hetero) is 1. The van der Waals surface area contributed by atoms with E-state index in [4.69, 9.17) is 29.2 Å². The van der Waals surface area contributed by atoms with Crippen molar-refractivity contribution < 1.29 is 44.2 Å². The van der Waals surface area contributed by atoms with Gasteiger partial charge >= 0.3 is 0 Å². The molecule has 0 radical (unpaired) electrons. The maximum Gasteiger partial charge on any atom is 0.260 e. The Morgan fingerprint density at radius 3 is 1.61 bits per heavy atom. The molecule has 31 heavy (non-hydrogen) atoms. The molecule has 0 aliphatic carbocycles. The fourth-order valence-corrected chi connectivity index (χ4v) is 2.79. The molecular weight excluding hydrogens is 408 g/mol. The summed E-state index contributed by atoms with van der Waals surface area (Å²) >= 11 is 0. The largest absolute Gasteiger partial charge is 0.491 e. The van der Waals surface area contributed by atoms with Gasteiger partial charge in [-0.2, -0.15) is 0 Å². The van der Waals surface area contributed by atoms with Crippen LogP contribution in [0.4, 0.5) is 0 Å². The molecule has 0 aromatic heterocycles. The summed E-state index contributed by atoms with van der Waals surface area (Å²) in [6.45, 7) is -0.965. The molecule has 0 heterocycles. The molecular formula is C22H28O9. The lowest BCUT2D eigenvalue weighted by Gasteiger charge is -2.30. The first-order valence-electron chi connectivity index (χ1n) is 9.59. The molecule has 0 saturated heterocycles. The molecule has 2 aromatic carbocycles. The van der Waals surface area contributed by atoms with Gasteiger partial charge in [-0.1, -0.05) is 0 Å². The average Bonchev–Trinajstić information content (AvgIpc) is 2.82. The summed E-state index contributed by atoms with van der Waals surface area (Å²) in [6.07, 6.45) is -1.98. The zero-order valence-electron chi connectivity index (χ0n) is 17.4. The molecule has 2 rings (SSSR count). The van der Waals surface area contributed by atoms with Crippen LogP contribution in [-0.4, -0.2) is 79.1 Å². The van der Waals surface area contributed by atoms with Crippen LogP contribution in [0.25, 0.3) is 0 Å². The van der Waals surface area contributed by atoms with Gasteiger partial charge in [-0.15, -0.1) is 0 Å². The number of hydrogen-bond acceptors (Lipinski definition) is 9. The van der Waals surface area contributed by atoms with Crippen LogP contribution in [0.15, 0.2) is 48.5 Å². The van der Waals surface area contributed by atoms with Gasteiger partial charge in [-0.25, -0.2) is 0 Å². The molecule has 2 unspecified atom stereocenters. The fourth-order valence-electron chi connectivity index (χ4n) is 2.79. The van der Waals surface area contributed by atoms with E-state index in [9.17, 15) is 15.0 Å². The molecule has 0 aliphatic heterocycles. The first kappa shape index (κ1) is 24.7. The summed E-state index contributed by atoms with van der Waals surface area (Å²) in [7, 11) is 2.72. The summed E-state index contributed by atoms with van der Waals surface area (Å²) in [6, 6.07) is 12.6. The molecule has 0 bridgehead atoms. The van der Waals surface area contributed by atoms with Crippen molar-refractivity contribution in [3.8, 4) is 11.5 Å². The normalized spacial score (nSPS) is 13.5. The molecule has 170 valence electrons. The maximum atomic E-state index is 13.2. The molecule has 0 amide bonds. The van der Waals surface area contributed by atoms with E-state index in [0.29, 0.717) is 22.6 Å². The fraction of sp³-hybridized carbons (Fsp3) is 0.409. The smallest absolute Gasteiger partial charge is 0.260 e. The Bertz CT molecular complexity index is 801. The van der Waals surface area contributed by atoms with E-state index in [0.717, 1.165) is 0 Å². The zero-order valence-corrected chi connectivity index (χ0v) is 17.4. The molecule has 0 fully saturated rings. The lowest BCUT2D eigenvalue weighted by Crippen LogP contribution is -2.40. The van der Waals surface area contributed by atoms with Crippen molar-refractivity contribution in [2.24, 2.45) is 0 Å². The predicted molar refractivity (Wildman–Crippen MR) is 110 cm³/mol. The van der Waals surface area contributed by atoms with Gasteiger partial charge in [0.25, 0.3) is 5.79 Å². The number of ketones is 1. The topological polar surface area (TPSA) is 135 Å². The predicted octanol–water partition coefficient (Wildman–Crippen LogP) is 0.479. The van der Waals surface area contributed by atoms with Crippen LogP contribution in [0.3, 0.4) is 0 Å². The third-order valence-corrected chi connectivity index (χ3v) is 4.53. The highest BCUT2D eigenvalue weighted by atomic mass is 16.7. The number of hydrogen-bond donors (Lipinski definition) is 4. The lowest BCUT2D eigenvalue weighted by molar-refractivity contribution is -0.176. The van der Waals surface area contributed by atoms with Gasteiger partial charge in [0.15, 0.2) is 0 Å². The van der Waals surface area contributed by atoms with Crippen molar-refractivity contribution in [1.82, 2.24) is 0 Å². The van der Waals surface area contributed by atoms with E-state index < -0.39 is 37.0 Å². The van der Waals surface area contributed by atoms with Gasteiger partial charge in [0.2, 0.25) is 5.78 Å². The Labute approximate surface area is 180 Å². The summed E-state index contributed by atoms with van der Waals surface area (Å²) < 4.78 is 21.7. The number of carbonyl (C=O) groups excluding carboxylic acids is 1. The molecule has 0 spiro atoms. The molecule has 9 nitrogen and oxygen atoms in total. The van der Waals surface area contributed by atoms with Crippen LogP contribution >= 0.6 is 0 Å². The maximum absolute atomic E-state index is 13.2. The van der Waals surface area contributed by atoms with E-state index in [2.05, 4.69) is 0 Å². The second-order valence-corrected chi connectivity index (χ2v) is 6.70. The average molecular weight is 436 g/mol. The van der Waals surface area contributed by atoms with Crippen molar-refractivity contribution >= 4 is 5.78 Å². The monoisotopic (exact) mass is 436 g/mol. The lowest BCUT2D eigenvalue weighted by atomic mass is 9.95. The molecule has 0 saturated carbocycles. The van der Waals surface area contributed by atoms with Crippen LogP contribution in [0.5, 0.6) is 11.5 Å². The van der Waals surface area contributed by atoms with Gasteiger partial charge < -0.3 is 39.4 Å². The third kappa shape index (κ3) is 6.23. The highest BCUT2D eigenvalue weighted by molar-refractivity contribution is 6.02. The standard InChI is InChI=1S/C22H28O9/c1-28-22(29-2,16-5-9-20(10-6-16)31-14-18(26)12-24)21(27)15-3-7-19(8-4-15)30-13-17(25)11-23/h3-10,17-18,23-26H,11-14H2,1-2H3. The number of ether oxygens (including phenoxy) is 4. The minimum atomic E-state index is -1.70. The van der Waals surface area contributed by atoms with Crippen LogP contribution in [-0.2, 0) is 15.3 Å². The second-order valence-electron chi connectivity index (χ2n) is 6.70. The van der Waals surface area contributed by atoms with E-state index in [1.807, 2.05) is 0 Å². The molecule has 0 aliphatic rings. The third-order valence-electron chi connectivity index (χ3n) is 4.53. The van der Waals surface area contributed by atoms with Crippen LogP contribution in [0.2, 0.25) is 0 Å². The van der Waals surface area contributed by atoms with Gasteiger partial charge in [0, 0.05) is 25.3 Å². The molecule has 2 aromatic rings. The summed E-state index contributed by atoms with van der Waals surface area (Å²) in [5, 5.41) is 36.4. The van der Waals surface area contributed by atoms with Crippen molar-refractivity contribution in [3.05, 3.63) is 59.7 Å². The number of methoxy groups -OCH3 is 2. The van der Waals surface area contributed by atoms with Gasteiger partial charge in [0.05, 0.1) is 13.2 Å². The Hall–Kier alpha value is -2.53.